The van der Waals surface area contributed by atoms with E-state index in [2.05, 4.69) is 0 Å². The minimum atomic E-state index is -4.25. The van der Waals surface area contributed by atoms with Crippen LogP contribution in [0.25, 0.3) is 0 Å². The van der Waals surface area contributed by atoms with Gasteiger partial charge in [0.15, 0.2) is 11.6 Å². The Morgan fingerprint density at radius 3 is 2.64 bits per heavy atom. The summed E-state index contributed by atoms with van der Waals surface area (Å²) in [5.74, 6) is -1.86. The van der Waals surface area contributed by atoms with Crippen molar-refractivity contribution in [3.05, 3.63) is 23.5 Å². The Labute approximate surface area is 126 Å². The molecule has 1 aromatic carbocycles. The van der Waals surface area contributed by atoms with E-state index in [-0.39, 0.29) is 22.6 Å². The van der Waals surface area contributed by atoms with Gasteiger partial charge >= 0.3 is 0 Å². The number of hydrogen-bond acceptors (Lipinski definition) is 4. The molecule has 1 fully saturated rings. The molecule has 1 aromatic rings. The van der Waals surface area contributed by atoms with Crippen molar-refractivity contribution in [2.24, 2.45) is 5.73 Å². The van der Waals surface area contributed by atoms with Gasteiger partial charge in [-0.25, -0.2) is 17.2 Å². The number of amides is 1. The minimum absolute atomic E-state index is 0.104. The molecular formula is C13H16F2N2O4S. The maximum Gasteiger partial charge on any atom is 0.244 e. The van der Waals surface area contributed by atoms with Crippen LogP contribution < -0.4 is 10.5 Å². The Kier molecular flexibility index (Phi) is 4.39. The van der Waals surface area contributed by atoms with Crippen molar-refractivity contribution >= 4 is 15.9 Å². The molecule has 6 nitrogen and oxygen atoms in total. The van der Waals surface area contributed by atoms with Crippen LogP contribution in [0.5, 0.6) is 5.75 Å². The maximum absolute atomic E-state index is 14.0. The fourth-order valence-corrected chi connectivity index (χ4v) is 4.34. The predicted octanol–water partition coefficient (Wildman–Crippen LogP) is 0.729. The molecule has 2 N–H and O–H groups in total. The number of benzene rings is 1. The molecule has 0 bridgehead atoms. The Hall–Kier alpha value is -1.74. The smallest absolute Gasteiger partial charge is 0.244 e. The summed E-state index contributed by atoms with van der Waals surface area (Å²) < 4.78 is 58.2. The molecule has 0 unspecified atom stereocenters. The summed E-state index contributed by atoms with van der Waals surface area (Å²) >= 11 is 0. The number of sulfonamides is 1. The molecule has 1 heterocycles. The van der Waals surface area contributed by atoms with E-state index in [9.17, 15) is 22.0 Å². The summed E-state index contributed by atoms with van der Waals surface area (Å²) in [5, 5.41) is 0. The lowest BCUT2D eigenvalue weighted by molar-refractivity contribution is -0.121. The van der Waals surface area contributed by atoms with Gasteiger partial charge in [-0.15, -0.1) is 0 Å². The molecule has 1 amide bonds. The molecule has 22 heavy (non-hydrogen) atoms. The molecule has 1 saturated heterocycles. The van der Waals surface area contributed by atoms with Crippen LogP contribution >= 0.6 is 0 Å². The Morgan fingerprint density at radius 2 is 2.09 bits per heavy atom. The molecular weight excluding hydrogens is 318 g/mol. The molecule has 0 radical (unpaired) electrons. The summed E-state index contributed by atoms with van der Waals surface area (Å²) in [6.07, 6.45) is -1.79. The maximum atomic E-state index is 14.0. The highest BCUT2D eigenvalue weighted by Crippen LogP contribution is 2.32. The first-order valence-electron chi connectivity index (χ1n) is 6.48. The number of nitrogens with zero attached hydrogens (tertiary/aromatic N) is 1. The van der Waals surface area contributed by atoms with E-state index >= 15 is 0 Å². The monoisotopic (exact) mass is 334 g/mol. The second kappa shape index (κ2) is 5.81. The second-order valence-electron chi connectivity index (χ2n) is 5.03. The van der Waals surface area contributed by atoms with E-state index < -0.39 is 40.5 Å². The first kappa shape index (κ1) is 16.6. The number of primary amides is 1. The zero-order valence-electron chi connectivity index (χ0n) is 12.0. The largest absolute Gasteiger partial charge is 0.494 e. The van der Waals surface area contributed by atoms with Gasteiger partial charge in [0, 0.05) is 18.5 Å². The molecule has 9 heteroatoms. The Balaban J connectivity index is 2.51. The summed E-state index contributed by atoms with van der Waals surface area (Å²) in [5.41, 5.74) is 4.97. The van der Waals surface area contributed by atoms with Crippen molar-refractivity contribution in [3.8, 4) is 5.75 Å². The molecule has 0 saturated carbocycles. The van der Waals surface area contributed by atoms with Crippen molar-refractivity contribution in [1.82, 2.24) is 4.31 Å². The molecule has 0 aromatic heterocycles. The van der Waals surface area contributed by atoms with E-state index in [1.807, 2.05) is 0 Å². The average molecular weight is 334 g/mol. The number of ether oxygens (including phenoxy) is 1. The standard InChI is InChI=1S/C13H16F2N2O4S/c1-7-11(4-3-10(21-2)12(7)15)22(19,20)17-6-8(14)5-9(17)13(16)18/h3-4,8-9H,5-6H2,1-2H3,(H2,16,18)/t8-,9+/m1/s1. The van der Waals surface area contributed by atoms with Crippen LogP contribution in [-0.4, -0.2) is 44.5 Å². The fraction of sp³-hybridized carbons (Fsp3) is 0.462. The number of halogens is 2. The fourth-order valence-electron chi connectivity index (χ4n) is 2.49. The lowest BCUT2D eigenvalue weighted by Gasteiger charge is -2.22. The summed E-state index contributed by atoms with van der Waals surface area (Å²) in [4.78, 5) is 11.0. The topological polar surface area (TPSA) is 89.7 Å². The highest BCUT2D eigenvalue weighted by atomic mass is 32.2. The van der Waals surface area contributed by atoms with Gasteiger partial charge in [-0.2, -0.15) is 4.31 Å². The molecule has 0 aliphatic carbocycles. The molecule has 1 aliphatic rings. The summed E-state index contributed by atoms with van der Waals surface area (Å²) in [6, 6.07) is 1.05. The number of carbonyl (C=O) groups is 1. The van der Waals surface area contributed by atoms with E-state index in [4.69, 9.17) is 10.5 Å². The van der Waals surface area contributed by atoms with Gasteiger partial charge in [0.1, 0.15) is 12.2 Å². The number of carbonyl (C=O) groups excluding carboxylic acids is 1. The van der Waals surface area contributed by atoms with Gasteiger partial charge in [0.05, 0.1) is 12.0 Å². The van der Waals surface area contributed by atoms with Gasteiger partial charge in [0.25, 0.3) is 0 Å². The van der Waals surface area contributed by atoms with Crippen LogP contribution in [-0.2, 0) is 14.8 Å². The number of methoxy groups -OCH3 is 1. The van der Waals surface area contributed by atoms with Crippen LogP contribution in [0.15, 0.2) is 17.0 Å². The highest BCUT2D eigenvalue weighted by molar-refractivity contribution is 7.89. The quantitative estimate of drug-likeness (QED) is 0.879. The normalized spacial score (nSPS) is 22.7. The Bertz CT molecular complexity index is 708. The minimum Gasteiger partial charge on any atom is -0.494 e. The molecule has 0 spiro atoms. The zero-order valence-corrected chi connectivity index (χ0v) is 12.9. The first-order chi connectivity index (χ1) is 10.2. The van der Waals surface area contributed by atoms with Crippen molar-refractivity contribution < 1.29 is 26.7 Å². The van der Waals surface area contributed by atoms with Crippen LogP contribution in [0.1, 0.15) is 12.0 Å². The molecule has 2 rings (SSSR count). The summed E-state index contributed by atoms with van der Waals surface area (Å²) in [7, 11) is -2.99. The summed E-state index contributed by atoms with van der Waals surface area (Å²) in [6.45, 7) is 0.788. The van der Waals surface area contributed by atoms with Crippen molar-refractivity contribution in [2.45, 2.75) is 30.5 Å². The number of hydrogen-bond donors (Lipinski definition) is 1. The van der Waals surface area contributed by atoms with E-state index in [1.165, 1.54) is 14.0 Å². The predicted molar refractivity (Wildman–Crippen MR) is 74.1 cm³/mol. The van der Waals surface area contributed by atoms with Crippen LogP contribution in [0, 0.1) is 12.7 Å². The van der Waals surface area contributed by atoms with E-state index in [0.29, 0.717) is 4.31 Å². The number of alkyl halides is 1. The Morgan fingerprint density at radius 1 is 1.45 bits per heavy atom. The molecule has 2 atom stereocenters. The average Bonchev–Trinajstić information content (AvgIpc) is 2.84. The number of nitrogens with two attached hydrogens (primary N) is 1. The van der Waals surface area contributed by atoms with E-state index in [1.54, 1.807) is 0 Å². The molecule has 122 valence electrons. The van der Waals surface area contributed by atoms with Gasteiger partial charge in [-0.3, -0.25) is 4.79 Å². The van der Waals surface area contributed by atoms with Gasteiger partial charge in [-0.1, -0.05) is 0 Å². The SMILES string of the molecule is COc1ccc(S(=O)(=O)N2C[C@H](F)C[C@H]2C(N)=O)c(C)c1F. The van der Waals surface area contributed by atoms with Gasteiger partial charge in [-0.05, 0) is 19.1 Å². The second-order valence-corrected chi connectivity index (χ2v) is 6.89. The van der Waals surface area contributed by atoms with Crippen molar-refractivity contribution in [2.75, 3.05) is 13.7 Å². The van der Waals surface area contributed by atoms with Crippen molar-refractivity contribution in [1.29, 1.82) is 0 Å². The number of rotatable bonds is 4. The van der Waals surface area contributed by atoms with Gasteiger partial charge < -0.3 is 10.5 Å². The molecule has 1 aliphatic heterocycles. The van der Waals surface area contributed by atoms with Crippen molar-refractivity contribution in [3.63, 3.8) is 0 Å². The third-order valence-corrected chi connectivity index (χ3v) is 5.66. The zero-order chi connectivity index (χ0) is 16.7. The van der Waals surface area contributed by atoms with Crippen LogP contribution in [0.4, 0.5) is 8.78 Å². The highest BCUT2D eigenvalue weighted by Gasteiger charge is 2.44. The van der Waals surface area contributed by atoms with Crippen LogP contribution in [0.3, 0.4) is 0 Å². The lowest BCUT2D eigenvalue weighted by atomic mass is 10.2. The van der Waals surface area contributed by atoms with Gasteiger partial charge in [0.2, 0.25) is 15.9 Å². The third-order valence-electron chi connectivity index (χ3n) is 3.64. The first-order valence-corrected chi connectivity index (χ1v) is 7.92. The van der Waals surface area contributed by atoms with E-state index in [0.717, 1.165) is 12.1 Å². The lowest BCUT2D eigenvalue weighted by Crippen LogP contribution is -2.43. The van der Waals surface area contributed by atoms with Crippen LogP contribution in [0.2, 0.25) is 0 Å². The third kappa shape index (κ3) is 2.66.